The van der Waals surface area contributed by atoms with Gasteiger partial charge in [0.2, 0.25) is 5.91 Å². The molecule has 6 heteroatoms. The summed E-state index contributed by atoms with van der Waals surface area (Å²) < 4.78 is 1.60. The number of tetrazole rings is 1. The quantitative estimate of drug-likeness (QED) is 0.681. The van der Waals surface area contributed by atoms with Crippen molar-refractivity contribution in [2.75, 3.05) is 5.32 Å². The largest absolute Gasteiger partial charge is 0.322 e. The molecule has 20 heavy (non-hydrogen) atoms. The molecule has 102 valence electrons. The van der Waals surface area contributed by atoms with Crippen LogP contribution in [0.1, 0.15) is 12.7 Å². The Balaban J connectivity index is 2.15. The van der Waals surface area contributed by atoms with E-state index in [9.17, 15) is 4.79 Å². The predicted molar refractivity (Wildman–Crippen MR) is 76.5 cm³/mol. The number of aromatic nitrogens is 4. The third-order valence-electron chi connectivity index (χ3n) is 2.53. The third kappa shape index (κ3) is 3.38. The molecule has 0 bridgehead atoms. The summed E-state index contributed by atoms with van der Waals surface area (Å²) in [6.07, 6.45) is 6.80. The van der Waals surface area contributed by atoms with E-state index in [1.807, 2.05) is 44.2 Å². The Hall–Kier alpha value is -2.76. The van der Waals surface area contributed by atoms with Crippen LogP contribution in [0, 0.1) is 6.92 Å². The molecule has 1 amide bonds. The number of aryl methyl sites for hydroxylation is 1. The molecule has 1 aromatic carbocycles. The fourth-order valence-electron chi connectivity index (χ4n) is 1.62. The van der Waals surface area contributed by atoms with Crippen LogP contribution in [0.3, 0.4) is 0 Å². The zero-order valence-electron chi connectivity index (χ0n) is 11.3. The van der Waals surface area contributed by atoms with Crippen molar-refractivity contribution < 1.29 is 4.79 Å². The first kappa shape index (κ1) is 13.7. The highest BCUT2D eigenvalue weighted by Crippen LogP contribution is 2.14. The predicted octanol–water partition coefficient (Wildman–Crippen LogP) is 2.04. The smallest absolute Gasteiger partial charge is 0.248 e. The van der Waals surface area contributed by atoms with Gasteiger partial charge in [0.15, 0.2) is 5.82 Å². The van der Waals surface area contributed by atoms with Crippen molar-refractivity contribution in [3.05, 3.63) is 54.4 Å². The van der Waals surface area contributed by atoms with Gasteiger partial charge in [-0.15, -0.1) is 5.10 Å². The van der Waals surface area contributed by atoms with Crippen molar-refractivity contribution in [1.29, 1.82) is 0 Å². The molecule has 0 aliphatic rings. The number of allylic oxidation sites excluding steroid dienone is 3. The van der Waals surface area contributed by atoms with Gasteiger partial charge in [-0.25, -0.2) is 0 Å². The SMILES string of the molecule is C/C=C/C=C/C(=O)Nc1cccc(-n2nnnc2C)c1. The van der Waals surface area contributed by atoms with Crippen LogP contribution in [0.4, 0.5) is 5.69 Å². The molecule has 0 atom stereocenters. The fourth-order valence-corrected chi connectivity index (χ4v) is 1.62. The van der Waals surface area contributed by atoms with Crippen molar-refractivity contribution >= 4 is 11.6 Å². The van der Waals surface area contributed by atoms with E-state index >= 15 is 0 Å². The maximum absolute atomic E-state index is 11.7. The minimum absolute atomic E-state index is 0.186. The molecule has 0 fully saturated rings. The highest BCUT2D eigenvalue weighted by Gasteiger charge is 2.05. The molecule has 0 spiro atoms. The highest BCUT2D eigenvalue weighted by atomic mass is 16.1. The lowest BCUT2D eigenvalue weighted by Gasteiger charge is -2.05. The Bertz CT molecular complexity index is 657. The maximum Gasteiger partial charge on any atom is 0.248 e. The summed E-state index contributed by atoms with van der Waals surface area (Å²) in [7, 11) is 0. The first-order valence-electron chi connectivity index (χ1n) is 6.16. The Kier molecular flexibility index (Phi) is 4.39. The van der Waals surface area contributed by atoms with Gasteiger partial charge in [0, 0.05) is 11.8 Å². The normalized spacial score (nSPS) is 11.3. The summed E-state index contributed by atoms with van der Waals surface area (Å²) in [4.78, 5) is 11.7. The molecule has 0 unspecified atom stereocenters. The molecular formula is C14H15N5O. The van der Waals surface area contributed by atoms with Crippen molar-refractivity contribution in [3.63, 3.8) is 0 Å². The molecular weight excluding hydrogens is 254 g/mol. The summed E-state index contributed by atoms with van der Waals surface area (Å²) in [5.41, 5.74) is 1.48. The number of nitrogens with one attached hydrogen (secondary N) is 1. The maximum atomic E-state index is 11.7. The Morgan fingerprint density at radius 3 is 2.90 bits per heavy atom. The van der Waals surface area contributed by atoms with Crippen LogP contribution in [0.2, 0.25) is 0 Å². The highest BCUT2D eigenvalue weighted by molar-refractivity contribution is 5.99. The minimum Gasteiger partial charge on any atom is -0.322 e. The molecule has 1 heterocycles. The van der Waals surface area contributed by atoms with E-state index in [-0.39, 0.29) is 5.91 Å². The molecule has 1 aromatic heterocycles. The van der Waals surface area contributed by atoms with Crippen LogP contribution >= 0.6 is 0 Å². The Morgan fingerprint density at radius 1 is 1.35 bits per heavy atom. The first-order chi connectivity index (χ1) is 9.70. The van der Waals surface area contributed by atoms with Crippen LogP contribution < -0.4 is 5.32 Å². The van der Waals surface area contributed by atoms with E-state index < -0.39 is 0 Å². The zero-order chi connectivity index (χ0) is 14.4. The lowest BCUT2D eigenvalue weighted by molar-refractivity contribution is -0.111. The van der Waals surface area contributed by atoms with Gasteiger partial charge in [-0.3, -0.25) is 4.79 Å². The van der Waals surface area contributed by atoms with E-state index in [1.165, 1.54) is 6.08 Å². The Labute approximate surface area is 116 Å². The molecule has 1 N–H and O–H groups in total. The minimum atomic E-state index is -0.186. The van der Waals surface area contributed by atoms with Gasteiger partial charge in [0.1, 0.15) is 0 Å². The molecule has 0 aliphatic heterocycles. The van der Waals surface area contributed by atoms with E-state index in [4.69, 9.17) is 0 Å². The first-order valence-corrected chi connectivity index (χ1v) is 6.16. The van der Waals surface area contributed by atoms with Crippen LogP contribution in [0.25, 0.3) is 5.69 Å². The van der Waals surface area contributed by atoms with Gasteiger partial charge < -0.3 is 5.32 Å². The van der Waals surface area contributed by atoms with Crippen molar-refractivity contribution in [2.45, 2.75) is 13.8 Å². The summed E-state index contributed by atoms with van der Waals surface area (Å²) in [6.45, 7) is 3.70. The van der Waals surface area contributed by atoms with E-state index in [0.29, 0.717) is 11.5 Å². The van der Waals surface area contributed by atoms with Crippen molar-refractivity contribution in [3.8, 4) is 5.69 Å². The van der Waals surface area contributed by atoms with Crippen molar-refractivity contribution in [2.24, 2.45) is 0 Å². The van der Waals surface area contributed by atoms with Gasteiger partial charge in [-0.2, -0.15) is 4.68 Å². The van der Waals surface area contributed by atoms with Gasteiger partial charge in [0.05, 0.1) is 5.69 Å². The van der Waals surface area contributed by atoms with Crippen LogP contribution in [-0.4, -0.2) is 26.1 Å². The number of hydrogen-bond acceptors (Lipinski definition) is 4. The van der Waals surface area contributed by atoms with Gasteiger partial charge in [-0.1, -0.05) is 24.3 Å². The second-order valence-electron chi connectivity index (χ2n) is 4.06. The number of benzene rings is 1. The summed E-state index contributed by atoms with van der Waals surface area (Å²) in [6, 6.07) is 7.33. The number of carbonyl (C=O) groups excluding carboxylic acids is 1. The number of carbonyl (C=O) groups is 1. The average molecular weight is 269 g/mol. The summed E-state index contributed by atoms with van der Waals surface area (Å²) >= 11 is 0. The monoisotopic (exact) mass is 269 g/mol. The number of hydrogen-bond donors (Lipinski definition) is 1. The summed E-state index contributed by atoms with van der Waals surface area (Å²) in [5, 5.41) is 14.1. The molecule has 0 saturated carbocycles. The lowest BCUT2D eigenvalue weighted by Crippen LogP contribution is -2.08. The van der Waals surface area contributed by atoms with Gasteiger partial charge >= 0.3 is 0 Å². The zero-order valence-corrected chi connectivity index (χ0v) is 11.3. The van der Waals surface area contributed by atoms with Gasteiger partial charge in [-0.05, 0) is 42.5 Å². The van der Waals surface area contributed by atoms with Crippen LogP contribution in [0.15, 0.2) is 48.6 Å². The van der Waals surface area contributed by atoms with Crippen LogP contribution in [0.5, 0.6) is 0 Å². The number of rotatable bonds is 4. The third-order valence-corrected chi connectivity index (χ3v) is 2.53. The standard InChI is InChI=1S/C14H15N5O/c1-3-4-5-9-14(20)15-12-7-6-8-13(10-12)19-11(2)16-17-18-19/h3-10H,1-2H3,(H,15,20)/b4-3+,9-5+. The molecule has 0 aliphatic carbocycles. The number of anilines is 1. The number of amides is 1. The molecule has 2 aromatic rings. The fraction of sp³-hybridized carbons (Fsp3) is 0.143. The second-order valence-corrected chi connectivity index (χ2v) is 4.06. The summed E-state index contributed by atoms with van der Waals surface area (Å²) in [5.74, 6) is 0.496. The average Bonchev–Trinajstić information content (AvgIpc) is 2.85. The topological polar surface area (TPSA) is 72.7 Å². The van der Waals surface area contributed by atoms with E-state index in [0.717, 1.165) is 5.69 Å². The Morgan fingerprint density at radius 2 is 2.20 bits per heavy atom. The number of nitrogens with zero attached hydrogens (tertiary/aromatic N) is 4. The molecule has 2 rings (SSSR count). The van der Waals surface area contributed by atoms with Crippen molar-refractivity contribution in [1.82, 2.24) is 20.2 Å². The molecule has 6 nitrogen and oxygen atoms in total. The van der Waals surface area contributed by atoms with Gasteiger partial charge in [0.25, 0.3) is 0 Å². The lowest BCUT2D eigenvalue weighted by atomic mass is 10.2. The molecule has 0 saturated heterocycles. The second kappa shape index (κ2) is 6.42. The van der Waals surface area contributed by atoms with Crippen LogP contribution in [-0.2, 0) is 4.79 Å². The van der Waals surface area contributed by atoms with E-state index in [2.05, 4.69) is 20.8 Å². The van der Waals surface area contributed by atoms with E-state index in [1.54, 1.807) is 16.8 Å². The molecule has 0 radical (unpaired) electrons.